The van der Waals surface area contributed by atoms with Crippen LogP contribution in [0.15, 0.2) is 30.4 Å². The summed E-state index contributed by atoms with van der Waals surface area (Å²) >= 11 is 0. The lowest BCUT2D eigenvalue weighted by Crippen LogP contribution is -2.27. The zero-order valence-corrected chi connectivity index (χ0v) is 12.5. The van der Waals surface area contributed by atoms with Crippen molar-refractivity contribution in [3.8, 4) is 0 Å². The SMILES string of the molecule is CN(C)C/C=C/C(=O)N(C)c1ccc2c(c1)CNCC2. The van der Waals surface area contributed by atoms with Gasteiger partial charge in [0.15, 0.2) is 0 Å². The number of hydrogen-bond donors (Lipinski definition) is 1. The molecule has 20 heavy (non-hydrogen) atoms. The monoisotopic (exact) mass is 273 g/mol. The lowest BCUT2D eigenvalue weighted by molar-refractivity contribution is -0.113. The molecule has 0 spiro atoms. The standard InChI is InChI=1S/C16H23N3O/c1-18(2)10-4-5-16(20)19(3)15-7-6-13-8-9-17-12-14(13)11-15/h4-7,11,17H,8-10,12H2,1-3H3/b5-4+. The van der Waals surface area contributed by atoms with Gasteiger partial charge in [0.1, 0.15) is 0 Å². The van der Waals surface area contributed by atoms with Crippen molar-refractivity contribution in [1.82, 2.24) is 10.2 Å². The molecule has 1 amide bonds. The van der Waals surface area contributed by atoms with E-state index in [0.717, 1.165) is 31.7 Å². The molecular weight excluding hydrogens is 250 g/mol. The number of carbonyl (C=O) groups excluding carboxylic acids is 1. The molecular formula is C16H23N3O. The highest BCUT2D eigenvalue weighted by atomic mass is 16.2. The van der Waals surface area contributed by atoms with E-state index < -0.39 is 0 Å². The number of nitrogens with zero attached hydrogens (tertiary/aromatic N) is 2. The molecule has 1 heterocycles. The van der Waals surface area contributed by atoms with Gasteiger partial charge in [-0.3, -0.25) is 4.79 Å². The average Bonchev–Trinajstić information content (AvgIpc) is 2.45. The minimum atomic E-state index is 0.00979. The van der Waals surface area contributed by atoms with Crippen LogP contribution in [0, 0.1) is 0 Å². The minimum Gasteiger partial charge on any atom is -0.312 e. The van der Waals surface area contributed by atoms with Gasteiger partial charge >= 0.3 is 0 Å². The first kappa shape index (κ1) is 14.8. The fraction of sp³-hybridized carbons (Fsp3) is 0.438. The molecule has 0 bridgehead atoms. The van der Waals surface area contributed by atoms with Gasteiger partial charge in [0.25, 0.3) is 0 Å². The molecule has 4 nitrogen and oxygen atoms in total. The van der Waals surface area contributed by atoms with Crippen molar-refractivity contribution >= 4 is 11.6 Å². The Morgan fingerprint density at radius 2 is 2.10 bits per heavy atom. The van der Waals surface area contributed by atoms with Crippen molar-refractivity contribution in [2.75, 3.05) is 39.1 Å². The van der Waals surface area contributed by atoms with Crippen LogP contribution in [-0.4, -0.2) is 45.0 Å². The lowest BCUT2D eigenvalue weighted by Gasteiger charge is -2.21. The van der Waals surface area contributed by atoms with E-state index in [1.807, 2.05) is 38.2 Å². The second kappa shape index (κ2) is 6.68. The van der Waals surface area contributed by atoms with Crippen LogP contribution >= 0.6 is 0 Å². The molecule has 0 radical (unpaired) electrons. The van der Waals surface area contributed by atoms with E-state index in [1.165, 1.54) is 11.1 Å². The summed E-state index contributed by atoms with van der Waals surface area (Å²) in [4.78, 5) is 15.8. The molecule has 1 aromatic rings. The summed E-state index contributed by atoms with van der Waals surface area (Å²) in [5.41, 5.74) is 3.63. The van der Waals surface area contributed by atoms with Crippen LogP contribution in [-0.2, 0) is 17.8 Å². The van der Waals surface area contributed by atoms with E-state index in [9.17, 15) is 4.79 Å². The van der Waals surface area contributed by atoms with Crippen LogP contribution in [0.1, 0.15) is 11.1 Å². The third kappa shape index (κ3) is 3.68. The summed E-state index contributed by atoms with van der Waals surface area (Å²) in [6, 6.07) is 6.28. The number of fused-ring (bicyclic) bond motifs is 1. The zero-order valence-electron chi connectivity index (χ0n) is 12.5. The molecule has 1 aliphatic heterocycles. The summed E-state index contributed by atoms with van der Waals surface area (Å²) in [6.07, 6.45) is 4.59. The van der Waals surface area contributed by atoms with Gasteiger partial charge < -0.3 is 15.1 Å². The molecule has 1 aliphatic rings. The van der Waals surface area contributed by atoms with Crippen LogP contribution in [0.25, 0.3) is 0 Å². The average molecular weight is 273 g/mol. The molecule has 1 N–H and O–H groups in total. The first-order valence-electron chi connectivity index (χ1n) is 6.99. The van der Waals surface area contributed by atoms with Gasteiger partial charge in [0.2, 0.25) is 5.91 Å². The summed E-state index contributed by atoms with van der Waals surface area (Å²) in [7, 11) is 5.78. The maximum atomic E-state index is 12.1. The fourth-order valence-corrected chi connectivity index (χ4v) is 2.28. The molecule has 0 saturated carbocycles. The summed E-state index contributed by atoms with van der Waals surface area (Å²) in [5.74, 6) is 0.00979. The highest BCUT2D eigenvalue weighted by Gasteiger charge is 2.12. The highest BCUT2D eigenvalue weighted by Crippen LogP contribution is 2.21. The van der Waals surface area contributed by atoms with Crippen molar-refractivity contribution in [1.29, 1.82) is 0 Å². The Morgan fingerprint density at radius 1 is 1.30 bits per heavy atom. The molecule has 4 heteroatoms. The molecule has 0 fully saturated rings. The fourth-order valence-electron chi connectivity index (χ4n) is 2.28. The van der Waals surface area contributed by atoms with Crippen molar-refractivity contribution in [3.63, 3.8) is 0 Å². The first-order chi connectivity index (χ1) is 9.58. The van der Waals surface area contributed by atoms with Crippen molar-refractivity contribution in [2.45, 2.75) is 13.0 Å². The predicted molar refractivity (Wildman–Crippen MR) is 83.0 cm³/mol. The molecule has 0 atom stereocenters. The summed E-state index contributed by atoms with van der Waals surface area (Å²) < 4.78 is 0. The Labute approximate surface area is 121 Å². The number of amides is 1. The third-order valence-corrected chi connectivity index (χ3v) is 3.53. The smallest absolute Gasteiger partial charge is 0.250 e. The second-order valence-electron chi connectivity index (χ2n) is 5.44. The van der Waals surface area contributed by atoms with E-state index in [2.05, 4.69) is 17.4 Å². The van der Waals surface area contributed by atoms with Crippen molar-refractivity contribution in [3.05, 3.63) is 41.5 Å². The van der Waals surface area contributed by atoms with Crippen molar-refractivity contribution in [2.24, 2.45) is 0 Å². The number of nitrogens with one attached hydrogen (secondary N) is 1. The number of likely N-dealkylation sites (N-methyl/N-ethyl adjacent to an activating group) is 2. The van der Waals surface area contributed by atoms with Gasteiger partial charge in [-0.15, -0.1) is 0 Å². The third-order valence-electron chi connectivity index (χ3n) is 3.53. The zero-order chi connectivity index (χ0) is 14.5. The number of anilines is 1. The number of hydrogen-bond acceptors (Lipinski definition) is 3. The number of rotatable bonds is 4. The molecule has 1 aromatic carbocycles. The molecule has 0 unspecified atom stereocenters. The van der Waals surface area contributed by atoms with Gasteiger partial charge in [-0.2, -0.15) is 0 Å². The normalized spacial score (nSPS) is 14.6. The molecule has 0 aliphatic carbocycles. The van der Waals surface area contributed by atoms with Gasteiger partial charge in [-0.05, 0) is 50.3 Å². The van der Waals surface area contributed by atoms with E-state index in [4.69, 9.17) is 0 Å². The van der Waals surface area contributed by atoms with Gasteiger partial charge in [-0.1, -0.05) is 12.1 Å². The summed E-state index contributed by atoms with van der Waals surface area (Å²) in [5, 5.41) is 3.36. The van der Waals surface area contributed by atoms with E-state index in [1.54, 1.807) is 11.0 Å². The van der Waals surface area contributed by atoms with E-state index >= 15 is 0 Å². The van der Waals surface area contributed by atoms with Crippen LogP contribution in [0.2, 0.25) is 0 Å². The molecule has 108 valence electrons. The Morgan fingerprint density at radius 3 is 2.85 bits per heavy atom. The van der Waals surface area contributed by atoms with Gasteiger partial charge in [-0.25, -0.2) is 0 Å². The lowest BCUT2D eigenvalue weighted by atomic mass is 10.0. The van der Waals surface area contributed by atoms with Crippen LogP contribution in [0.4, 0.5) is 5.69 Å². The minimum absolute atomic E-state index is 0.00979. The first-order valence-corrected chi connectivity index (χ1v) is 6.99. The Hall–Kier alpha value is -1.65. The highest BCUT2D eigenvalue weighted by molar-refractivity contribution is 6.01. The van der Waals surface area contributed by atoms with Crippen LogP contribution in [0.5, 0.6) is 0 Å². The molecule has 0 saturated heterocycles. The summed E-state index contributed by atoms with van der Waals surface area (Å²) in [6.45, 7) is 2.70. The van der Waals surface area contributed by atoms with Crippen LogP contribution < -0.4 is 10.2 Å². The largest absolute Gasteiger partial charge is 0.312 e. The Kier molecular flexibility index (Phi) is 4.93. The van der Waals surface area contributed by atoms with Gasteiger partial charge in [0.05, 0.1) is 0 Å². The Bertz CT molecular complexity index is 508. The Balaban J connectivity index is 2.06. The number of benzene rings is 1. The van der Waals surface area contributed by atoms with Crippen LogP contribution in [0.3, 0.4) is 0 Å². The quantitative estimate of drug-likeness (QED) is 0.843. The van der Waals surface area contributed by atoms with E-state index in [-0.39, 0.29) is 5.91 Å². The van der Waals surface area contributed by atoms with Gasteiger partial charge in [0, 0.05) is 31.9 Å². The maximum absolute atomic E-state index is 12.1. The number of carbonyl (C=O) groups is 1. The molecule has 2 rings (SSSR count). The predicted octanol–water partition coefficient (Wildman–Crippen LogP) is 1.41. The molecule has 0 aromatic heterocycles. The second-order valence-corrected chi connectivity index (χ2v) is 5.44. The topological polar surface area (TPSA) is 35.6 Å². The van der Waals surface area contributed by atoms with E-state index in [0.29, 0.717) is 0 Å². The maximum Gasteiger partial charge on any atom is 0.250 e. The van der Waals surface area contributed by atoms with Crippen molar-refractivity contribution < 1.29 is 4.79 Å².